The van der Waals surface area contributed by atoms with Crippen LogP contribution in [0.1, 0.15) is 10.4 Å². The minimum Gasteiger partial charge on any atom is -0.451 e. The highest BCUT2D eigenvalue weighted by atomic mass is 16.6. The van der Waals surface area contributed by atoms with Crippen LogP contribution in [-0.4, -0.2) is 80.9 Å². The van der Waals surface area contributed by atoms with Gasteiger partial charge < -0.3 is 31.5 Å². The number of hydrogen-bond acceptors (Lipinski definition) is 11. The summed E-state index contributed by atoms with van der Waals surface area (Å²) in [5.74, 6) is -3.36. The molecule has 1 fully saturated rings. The molecule has 4 atom stereocenters. The normalized spacial score (nSPS) is 32.7. The fourth-order valence-electron chi connectivity index (χ4n) is 4.07. The predicted octanol–water partition coefficient (Wildman–Crippen LogP) is -5.46. The molecule has 11 N–H and O–H groups in total. The number of nitrogen functional groups attached to an aromatic ring is 1. The van der Waals surface area contributed by atoms with Crippen molar-refractivity contribution in [3.8, 4) is 0 Å². The lowest BCUT2D eigenvalue weighted by Gasteiger charge is -2.45. The Balaban J connectivity index is 1.68. The minimum atomic E-state index is -2.61. The molecule has 1 aromatic carbocycles. The van der Waals surface area contributed by atoms with Crippen molar-refractivity contribution in [3.63, 3.8) is 0 Å². The van der Waals surface area contributed by atoms with Crippen LogP contribution in [0.2, 0.25) is 0 Å². The zero-order valence-corrected chi connectivity index (χ0v) is 14.7. The van der Waals surface area contributed by atoms with Gasteiger partial charge in [-0.1, -0.05) is 0 Å². The molecule has 0 aromatic heterocycles. The second kappa shape index (κ2) is 5.95. The number of carbonyl (C=O) groups excluding carboxylic acids is 1. The topological polar surface area (TPSA) is 207 Å². The number of aliphatic imine (C=N–C) groups is 1. The number of esters is 1. The molecule has 12 nitrogen and oxygen atoms in total. The first-order valence-electron chi connectivity index (χ1n) is 8.61. The highest BCUT2D eigenvalue weighted by molar-refractivity contribution is 5.90. The van der Waals surface area contributed by atoms with Crippen molar-refractivity contribution in [2.75, 3.05) is 18.9 Å². The number of benzene rings is 1. The first-order valence-corrected chi connectivity index (χ1v) is 8.61. The van der Waals surface area contributed by atoms with Crippen LogP contribution in [0.15, 0.2) is 29.3 Å². The number of rotatable bonds is 3. The number of nitrogens with two attached hydrogens (primary N) is 3. The molecule has 1 saturated heterocycles. The number of guanidine groups is 2. The molecular formula is C16H22N7O5+. The summed E-state index contributed by atoms with van der Waals surface area (Å²) in [5, 5.41) is 34.6. The lowest BCUT2D eigenvalue weighted by molar-refractivity contribution is -0.523. The summed E-state index contributed by atoms with van der Waals surface area (Å²) in [6, 6.07) is 4.37. The lowest BCUT2D eigenvalue weighted by atomic mass is 9.86. The summed E-state index contributed by atoms with van der Waals surface area (Å²) in [6.07, 6.45) is -1.38. The first-order chi connectivity index (χ1) is 13.2. The number of aliphatic hydroxyl groups is 3. The summed E-state index contributed by atoms with van der Waals surface area (Å²) in [6.45, 7) is -0.561. The Morgan fingerprint density at radius 3 is 2.64 bits per heavy atom. The first kappa shape index (κ1) is 18.3. The molecule has 1 aromatic rings. The van der Waals surface area contributed by atoms with Gasteiger partial charge in [-0.15, -0.1) is 0 Å². The van der Waals surface area contributed by atoms with Gasteiger partial charge in [0.2, 0.25) is 0 Å². The van der Waals surface area contributed by atoms with Crippen molar-refractivity contribution < 1.29 is 29.8 Å². The largest absolute Gasteiger partial charge is 0.451 e. The van der Waals surface area contributed by atoms with E-state index in [0.717, 1.165) is 0 Å². The van der Waals surface area contributed by atoms with Crippen LogP contribution in [0, 0.1) is 0 Å². The van der Waals surface area contributed by atoms with Crippen molar-refractivity contribution in [2.45, 2.75) is 29.6 Å². The molecule has 0 saturated carbocycles. The number of anilines is 1. The van der Waals surface area contributed by atoms with Gasteiger partial charge >= 0.3 is 11.9 Å². The van der Waals surface area contributed by atoms with Crippen LogP contribution in [0.3, 0.4) is 0 Å². The van der Waals surface area contributed by atoms with E-state index in [4.69, 9.17) is 21.9 Å². The molecule has 1 spiro atoms. The molecule has 0 bridgehead atoms. The van der Waals surface area contributed by atoms with Crippen molar-refractivity contribution in [2.24, 2.45) is 16.5 Å². The molecule has 12 heteroatoms. The zero-order chi connectivity index (χ0) is 20.3. The maximum atomic E-state index is 12.5. The Hall–Kier alpha value is -3.09. The monoisotopic (exact) mass is 392 g/mol. The third kappa shape index (κ3) is 2.32. The van der Waals surface area contributed by atoms with E-state index >= 15 is 0 Å². The van der Waals surface area contributed by atoms with Gasteiger partial charge in [0.15, 0.2) is 18.1 Å². The fourth-order valence-corrected chi connectivity index (χ4v) is 4.07. The molecule has 0 radical (unpaired) electrons. The van der Waals surface area contributed by atoms with E-state index in [1.807, 2.05) is 0 Å². The molecule has 4 rings (SSSR count). The third-order valence-electron chi connectivity index (χ3n) is 5.41. The highest BCUT2D eigenvalue weighted by Crippen LogP contribution is 2.42. The van der Waals surface area contributed by atoms with Gasteiger partial charge in [0.05, 0.1) is 18.7 Å². The second-order valence-electron chi connectivity index (χ2n) is 7.02. The number of nitrogens with one attached hydrogen (secondary N) is 2. The van der Waals surface area contributed by atoms with Crippen LogP contribution >= 0.6 is 0 Å². The Kier molecular flexibility index (Phi) is 3.89. The predicted molar refractivity (Wildman–Crippen MR) is 96.2 cm³/mol. The average Bonchev–Trinajstić information content (AvgIpc) is 3.11. The van der Waals surface area contributed by atoms with Crippen LogP contribution in [0.4, 0.5) is 5.69 Å². The van der Waals surface area contributed by atoms with Crippen molar-refractivity contribution in [3.05, 3.63) is 29.8 Å². The minimum absolute atomic E-state index is 0.0437. The van der Waals surface area contributed by atoms with Crippen LogP contribution in [-0.2, 0) is 4.74 Å². The summed E-state index contributed by atoms with van der Waals surface area (Å²) in [5.41, 5.74) is 16.4. The van der Waals surface area contributed by atoms with Crippen molar-refractivity contribution in [1.82, 2.24) is 10.2 Å². The molecule has 0 aliphatic carbocycles. The van der Waals surface area contributed by atoms with Gasteiger partial charge in [-0.25, -0.2) is 15.1 Å². The second-order valence-corrected chi connectivity index (χ2v) is 7.02. The van der Waals surface area contributed by atoms with E-state index in [9.17, 15) is 20.1 Å². The van der Waals surface area contributed by atoms with E-state index in [2.05, 4.69) is 15.3 Å². The molecule has 28 heavy (non-hydrogen) atoms. The summed E-state index contributed by atoms with van der Waals surface area (Å²) >= 11 is 0. The van der Waals surface area contributed by atoms with Gasteiger partial charge in [0.1, 0.15) is 6.04 Å². The molecule has 0 unspecified atom stereocenters. The molecule has 150 valence electrons. The van der Waals surface area contributed by atoms with E-state index in [-0.39, 0.29) is 24.0 Å². The number of ether oxygens (including phenoxy) is 1. The van der Waals surface area contributed by atoms with Gasteiger partial charge in [0, 0.05) is 5.69 Å². The number of carbonyl (C=O) groups is 1. The van der Waals surface area contributed by atoms with Gasteiger partial charge in [-0.2, -0.15) is 0 Å². The number of nitrogens with zero attached hydrogens (tertiary/aromatic N) is 2. The maximum Gasteiger partial charge on any atom is 0.343 e. The molecule has 0 amide bonds. The van der Waals surface area contributed by atoms with E-state index in [0.29, 0.717) is 5.69 Å². The van der Waals surface area contributed by atoms with Gasteiger partial charge in [-0.3, -0.25) is 15.6 Å². The molecule has 3 heterocycles. The van der Waals surface area contributed by atoms with Crippen molar-refractivity contribution in [1.29, 1.82) is 0 Å². The van der Waals surface area contributed by atoms with Crippen LogP contribution in [0.25, 0.3) is 0 Å². The Morgan fingerprint density at radius 2 is 2.00 bits per heavy atom. The van der Waals surface area contributed by atoms with E-state index in [1.165, 1.54) is 29.2 Å². The maximum absolute atomic E-state index is 12.5. The Morgan fingerprint density at radius 1 is 1.32 bits per heavy atom. The third-order valence-corrected chi connectivity index (χ3v) is 5.41. The average molecular weight is 392 g/mol. The molecule has 3 aliphatic heterocycles. The van der Waals surface area contributed by atoms with E-state index < -0.39 is 42.2 Å². The zero-order valence-electron chi connectivity index (χ0n) is 14.7. The van der Waals surface area contributed by atoms with Gasteiger partial charge in [-0.05, 0) is 24.3 Å². The molecular weight excluding hydrogens is 370 g/mol. The smallest absolute Gasteiger partial charge is 0.343 e. The van der Waals surface area contributed by atoms with Crippen LogP contribution in [0.5, 0.6) is 0 Å². The standard InChI is InChI=1S/C16H21N7O5/c17-8-3-1-7(2-4-8)12(25)28-10-5-23-14(19)20-9(6-24)11-15(23,16(10,26)27)22-13(18)21-11/h1-4,9-11,24,26-27H,5-6,17H2,(H2,19,20)(H3,18,21,22)/p+1/t9-,10-,11-,15-/m0/s1. The summed E-state index contributed by atoms with van der Waals surface area (Å²) < 4.78 is 5.39. The lowest BCUT2D eigenvalue weighted by Crippen LogP contribution is -2.90. The van der Waals surface area contributed by atoms with Gasteiger partial charge in [0.25, 0.3) is 11.4 Å². The summed E-state index contributed by atoms with van der Waals surface area (Å²) in [4.78, 5) is 20.9. The van der Waals surface area contributed by atoms with Crippen molar-refractivity contribution >= 4 is 23.6 Å². The Labute approximate surface area is 159 Å². The summed E-state index contributed by atoms with van der Waals surface area (Å²) in [7, 11) is 0. The fraction of sp³-hybridized carbons (Fsp3) is 0.438. The number of aliphatic hydroxyl groups excluding tert-OH is 1. The number of hydrogen-bond donors (Lipinski definition) is 8. The Bertz CT molecular complexity index is 871. The highest BCUT2D eigenvalue weighted by Gasteiger charge is 2.77. The SMILES string of the molecule is NC1=N[C@@H](CO)[C@@H]2[NH+]=C(N)N[C@]23N1C[C@H](OC(=O)c1ccc(N)cc1)C3(O)O. The van der Waals surface area contributed by atoms with E-state index in [1.54, 1.807) is 0 Å². The quantitative estimate of drug-likeness (QED) is 0.139. The van der Waals surface area contributed by atoms with Crippen LogP contribution < -0.4 is 27.5 Å². The molecule has 3 aliphatic rings.